The van der Waals surface area contributed by atoms with Crippen molar-refractivity contribution in [2.24, 2.45) is 5.92 Å². The zero-order valence-electron chi connectivity index (χ0n) is 13.2. The first-order valence-corrected chi connectivity index (χ1v) is 8.68. The van der Waals surface area contributed by atoms with Crippen molar-refractivity contribution in [2.45, 2.75) is 19.8 Å². The molecule has 126 valence electrons. The number of likely N-dealkylation sites (tertiary alicyclic amines) is 1. The van der Waals surface area contributed by atoms with Crippen molar-refractivity contribution in [3.05, 3.63) is 57.3 Å². The highest BCUT2D eigenvalue weighted by Crippen LogP contribution is 2.26. The molecule has 1 saturated heterocycles. The predicted octanol–water partition coefficient (Wildman–Crippen LogP) is 4.07. The van der Waals surface area contributed by atoms with Gasteiger partial charge in [0.1, 0.15) is 11.6 Å². The highest BCUT2D eigenvalue weighted by atomic mass is 32.1. The normalized spacial score (nSPS) is 17.8. The second-order valence-electron chi connectivity index (χ2n) is 6.01. The molecule has 1 amide bonds. The monoisotopic (exact) mass is 349 g/mol. The Hall–Kier alpha value is -2.08. The number of carbonyl (C=O) groups excluding carboxylic acids is 2. The summed E-state index contributed by atoms with van der Waals surface area (Å²) in [5.41, 5.74) is 0.677. The highest BCUT2D eigenvalue weighted by molar-refractivity contribution is 7.12. The number of thiophene rings is 1. The Kier molecular flexibility index (Phi) is 4.76. The number of ketones is 1. The van der Waals surface area contributed by atoms with Gasteiger partial charge in [-0.3, -0.25) is 9.59 Å². The average molecular weight is 349 g/mol. The molecule has 2 aromatic rings. The van der Waals surface area contributed by atoms with Gasteiger partial charge in [-0.1, -0.05) is 0 Å². The van der Waals surface area contributed by atoms with Crippen LogP contribution in [0.3, 0.4) is 0 Å². The van der Waals surface area contributed by atoms with Gasteiger partial charge in [0, 0.05) is 19.0 Å². The van der Waals surface area contributed by atoms with Crippen LogP contribution in [0.15, 0.2) is 29.6 Å². The maximum atomic E-state index is 13.8. The van der Waals surface area contributed by atoms with Gasteiger partial charge in [0.05, 0.1) is 10.4 Å². The van der Waals surface area contributed by atoms with Crippen LogP contribution in [0.4, 0.5) is 8.78 Å². The maximum absolute atomic E-state index is 13.8. The summed E-state index contributed by atoms with van der Waals surface area (Å²) in [5.74, 6) is -2.40. The third-order valence-corrected chi connectivity index (χ3v) is 5.33. The summed E-state index contributed by atoms with van der Waals surface area (Å²) in [5, 5.41) is 1.86. The first-order valence-electron chi connectivity index (χ1n) is 7.80. The summed E-state index contributed by atoms with van der Waals surface area (Å²) in [6, 6.07) is 4.76. The fourth-order valence-electron chi connectivity index (χ4n) is 3.02. The molecule has 1 aromatic carbocycles. The van der Waals surface area contributed by atoms with Gasteiger partial charge in [-0.2, -0.15) is 0 Å². The number of halogens is 2. The Morgan fingerprint density at radius 2 is 2.04 bits per heavy atom. The molecule has 0 N–H and O–H groups in total. The number of hydrogen-bond donors (Lipinski definition) is 0. The van der Waals surface area contributed by atoms with Gasteiger partial charge < -0.3 is 4.90 Å². The number of amides is 1. The third kappa shape index (κ3) is 3.24. The van der Waals surface area contributed by atoms with Crippen molar-refractivity contribution < 1.29 is 18.4 Å². The number of carbonyl (C=O) groups is 2. The van der Waals surface area contributed by atoms with E-state index in [1.54, 1.807) is 4.90 Å². The molecule has 1 atom stereocenters. The van der Waals surface area contributed by atoms with Crippen LogP contribution < -0.4 is 0 Å². The van der Waals surface area contributed by atoms with Gasteiger partial charge in [-0.05, 0) is 55.0 Å². The zero-order valence-corrected chi connectivity index (χ0v) is 14.0. The Morgan fingerprint density at radius 3 is 2.75 bits per heavy atom. The number of Topliss-reactive ketones (excluding diaryl/α,β-unsaturated/α-hetero) is 1. The molecule has 0 unspecified atom stereocenters. The fraction of sp³-hybridized carbons (Fsp3) is 0.333. The van der Waals surface area contributed by atoms with Gasteiger partial charge in [-0.15, -0.1) is 11.3 Å². The van der Waals surface area contributed by atoms with Crippen LogP contribution in [0.25, 0.3) is 0 Å². The zero-order chi connectivity index (χ0) is 17.3. The lowest BCUT2D eigenvalue weighted by molar-refractivity contribution is 0.0639. The summed E-state index contributed by atoms with van der Waals surface area (Å²) in [4.78, 5) is 27.5. The number of piperidine rings is 1. The van der Waals surface area contributed by atoms with Crippen molar-refractivity contribution in [1.82, 2.24) is 4.90 Å². The van der Waals surface area contributed by atoms with E-state index in [9.17, 15) is 18.4 Å². The van der Waals surface area contributed by atoms with Gasteiger partial charge in [0.15, 0.2) is 5.78 Å². The standard InChI is InChI=1S/C18H17F2NO2S/c1-11-6-8-24-17(11)18(23)21-7-2-3-12(10-21)16(22)14-9-13(19)4-5-15(14)20/h4-6,8-9,12H,2-3,7,10H2,1H3/t12-/m1/s1. The quantitative estimate of drug-likeness (QED) is 0.784. The Bertz CT molecular complexity index is 787. The Balaban J connectivity index is 1.78. The molecule has 0 bridgehead atoms. The summed E-state index contributed by atoms with van der Waals surface area (Å²) in [6.45, 7) is 2.69. The van der Waals surface area contributed by atoms with E-state index in [-0.39, 0.29) is 18.0 Å². The van der Waals surface area contributed by atoms with Crippen molar-refractivity contribution in [1.29, 1.82) is 0 Å². The molecular weight excluding hydrogens is 332 g/mol. The average Bonchev–Trinajstić information content (AvgIpc) is 3.02. The summed E-state index contributed by atoms with van der Waals surface area (Å²) in [7, 11) is 0. The van der Waals surface area contributed by atoms with Gasteiger partial charge in [-0.25, -0.2) is 8.78 Å². The van der Waals surface area contributed by atoms with Crippen LogP contribution in [0, 0.1) is 24.5 Å². The molecule has 1 aromatic heterocycles. The molecule has 0 radical (unpaired) electrons. The number of benzene rings is 1. The minimum atomic E-state index is -0.723. The largest absolute Gasteiger partial charge is 0.337 e. The van der Waals surface area contributed by atoms with E-state index >= 15 is 0 Å². The molecule has 3 nitrogen and oxygen atoms in total. The summed E-state index contributed by atoms with van der Waals surface area (Å²) < 4.78 is 27.2. The van der Waals surface area contributed by atoms with E-state index in [0.29, 0.717) is 24.3 Å². The Morgan fingerprint density at radius 1 is 1.25 bits per heavy atom. The van der Waals surface area contributed by atoms with Crippen LogP contribution in [-0.4, -0.2) is 29.7 Å². The predicted molar refractivity (Wildman–Crippen MR) is 88.4 cm³/mol. The molecule has 1 aliphatic heterocycles. The molecule has 2 heterocycles. The number of nitrogens with zero attached hydrogens (tertiary/aromatic N) is 1. The topological polar surface area (TPSA) is 37.4 Å². The van der Waals surface area contributed by atoms with Crippen LogP contribution >= 0.6 is 11.3 Å². The minimum Gasteiger partial charge on any atom is -0.337 e. The van der Waals surface area contributed by atoms with E-state index < -0.39 is 23.3 Å². The molecule has 3 rings (SSSR count). The van der Waals surface area contributed by atoms with Crippen LogP contribution in [0.1, 0.15) is 38.4 Å². The molecule has 0 spiro atoms. The van der Waals surface area contributed by atoms with E-state index in [0.717, 1.165) is 23.8 Å². The third-order valence-electron chi connectivity index (χ3n) is 4.33. The van der Waals surface area contributed by atoms with Gasteiger partial charge in [0.25, 0.3) is 5.91 Å². The first kappa shape index (κ1) is 16.8. The Labute approximate surface area is 142 Å². The number of aryl methyl sites for hydroxylation is 1. The van der Waals surface area contributed by atoms with Crippen LogP contribution in [0.2, 0.25) is 0 Å². The number of rotatable bonds is 3. The second kappa shape index (κ2) is 6.81. The van der Waals surface area contributed by atoms with Crippen molar-refractivity contribution in [3.63, 3.8) is 0 Å². The molecule has 6 heteroatoms. The van der Waals surface area contributed by atoms with Crippen molar-refractivity contribution >= 4 is 23.0 Å². The minimum absolute atomic E-state index is 0.0975. The molecule has 0 aliphatic carbocycles. The lowest BCUT2D eigenvalue weighted by Crippen LogP contribution is -2.42. The maximum Gasteiger partial charge on any atom is 0.264 e. The van der Waals surface area contributed by atoms with Crippen LogP contribution in [-0.2, 0) is 0 Å². The fourth-order valence-corrected chi connectivity index (χ4v) is 3.91. The van der Waals surface area contributed by atoms with E-state index in [1.165, 1.54) is 11.3 Å². The van der Waals surface area contributed by atoms with Gasteiger partial charge >= 0.3 is 0 Å². The number of hydrogen-bond acceptors (Lipinski definition) is 3. The lowest BCUT2D eigenvalue weighted by Gasteiger charge is -2.32. The molecule has 0 saturated carbocycles. The van der Waals surface area contributed by atoms with E-state index in [4.69, 9.17) is 0 Å². The lowest BCUT2D eigenvalue weighted by atomic mass is 9.89. The highest BCUT2D eigenvalue weighted by Gasteiger charge is 2.31. The molecule has 1 fully saturated rings. The van der Waals surface area contributed by atoms with E-state index in [1.807, 2.05) is 18.4 Å². The van der Waals surface area contributed by atoms with Crippen molar-refractivity contribution in [3.8, 4) is 0 Å². The molecule has 1 aliphatic rings. The molecular formula is C18H17F2NO2S. The van der Waals surface area contributed by atoms with Crippen LogP contribution in [0.5, 0.6) is 0 Å². The van der Waals surface area contributed by atoms with Crippen molar-refractivity contribution in [2.75, 3.05) is 13.1 Å². The first-order chi connectivity index (χ1) is 11.5. The smallest absolute Gasteiger partial charge is 0.264 e. The van der Waals surface area contributed by atoms with Gasteiger partial charge in [0.2, 0.25) is 0 Å². The van der Waals surface area contributed by atoms with E-state index in [2.05, 4.69) is 0 Å². The summed E-state index contributed by atoms with van der Waals surface area (Å²) >= 11 is 1.38. The second-order valence-corrected chi connectivity index (χ2v) is 6.93. The summed E-state index contributed by atoms with van der Waals surface area (Å²) in [6.07, 6.45) is 1.24. The molecule has 24 heavy (non-hydrogen) atoms. The SMILES string of the molecule is Cc1ccsc1C(=O)N1CCC[C@@H](C(=O)c2cc(F)ccc2F)C1.